The number of phenols is 1. The summed E-state index contributed by atoms with van der Waals surface area (Å²) >= 11 is 0.548. The van der Waals surface area contributed by atoms with E-state index in [2.05, 4.69) is 34.4 Å². The van der Waals surface area contributed by atoms with Crippen LogP contribution in [0.3, 0.4) is 0 Å². The molecule has 0 heterocycles. The van der Waals surface area contributed by atoms with E-state index in [0.29, 0.717) is 34.2 Å². The summed E-state index contributed by atoms with van der Waals surface area (Å²) in [5.74, 6) is -1.76. The number of aromatic hydroxyl groups is 1. The molecule has 0 aromatic heterocycles. The number of hydrogen-bond donors (Lipinski definition) is 5. The molecule has 0 bridgehead atoms. The number of nitrogens with one attached hydrogen (secondary N) is 2. The number of rotatable bonds is 13. The number of amides is 2. The molecule has 0 saturated heterocycles. The maximum Gasteiger partial charge on any atom is 0.397 e. The first-order valence-electron chi connectivity index (χ1n) is 12.8. The molecular formula is C27H24N4O12S3. The van der Waals surface area contributed by atoms with E-state index in [1.54, 1.807) is 24.3 Å². The van der Waals surface area contributed by atoms with Crippen LogP contribution < -0.4 is 10.6 Å². The Hall–Kier alpha value is -4.47. The molecule has 0 radical (unpaired) electrons. The summed E-state index contributed by atoms with van der Waals surface area (Å²) in [5, 5.41) is 37.6. The molecule has 19 heteroatoms. The van der Waals surface area contributed by atoms with Gasteiger partial charge in [0.2, 0.25) is 5.91 Å². The predicted octanol–water partition coefficient (Wildman–Crippen LogP) is 5.19. The van der Waals surface area contributed by atoms with Crippen molar-refractivity contribution in [2.75, 3.05) is 23.0 Å². The fraction of sp³-hybridized carbons (Fsp3) is 0.111. The highest BCUT2D eigenvalue weighted by Crippen LogP contribution is 2.44. The standard InChI is InChI=1S/C27H24N4O12S3/c1-16(32)28-21-8-11-23-18(14-21)15-24(44-43-42-35)25(26(23)33)31-30-20-4-2-17(3-5-20)27(34)29-19-6-9-22(10-7-19)45(36,37)13-12-41-46(38,39)40/h2-11,14-15,33,35H,12-13H2,1H3,(H,28,32)(H,29,34)(H,38,39,40). The van der Waals surface area contributed by atoms with Crippen molar-refractivity contribution in [2.24, 2.45) is 10.2 Å². The second kappa shape index (κ2) is 14.7. The number of nitrogens with zero attached hydrogens (tertiary/aromatic N) is 2. The van der Waals surface area contributed by atoms with Gasteiger partial charge in [0.25, 0.3) is 5.91 Å². The summed E-state index contributed by atoms with van der Waals surface area (Å²) in [4.78, 5) is 24.2. The normalized spacial score (nSPS) is 12.0. The molecule has 46 heavy (non-hydrogen) atoms. The molecule has 0 fully saturated rings. The van der Waals surface area contributed by atoms with Gasteiger partial charge in [-0.05, 0) is 78.2 Å². The maximum absolute atomic E-state index is 12.7. The maximum atomic E-state index is 12.7. The van der Waals surface area contributed by atoms with E-state index in [1.165, 1.54) is 55.5 Å². The third-order valence-corrected chi connectivity index (χ3v) is 8.75. The number of phenolic OH excluding ortho intramolecular Hbond substituents is 1. The number of fused-ring (bicyclic) bond motifs is 1. The zero-order valence-electron chi connectivity index (χ0n) is 23.5. The highest BCUT2D eigenvalue weighted by molar-refractivity contribution is 7.94. The number of sulfone groups is 1. The minimum absolute atomic E-state index is 0.0138. The van der Waals surface area contributed by atoms with E-state index in [1.807, 2.05) is 0 Å². The summed E-state index contributed by atoms with van der Waals surface area (Å²) in [6.07, 6.45) is 0. The lowest BCUT2D eigenvalue weighted by atomic mass is 10.1. The van der Waals surface area contributed by atoms with E-state index in [-0.39, 0.29) is 38.4 Å². The topological polar surface area (TPSA) is 240 Å². The van der Waals surface area contributed by atoms with Crippen molar-refractivity contribution in [1.82, 2.24) is 0 Å². The Bertz CT molecular complexity index is 2000. The molecule has 4 aromatic rings. The highest BCUT2D eigenvalue weighted by atomic mass is 32.3. The fourth-order valence-electron chi connectivity index (χ4n) is 3.95. The molecule has 0 unspecified atom stereocenters. The first kappa shape index (κ1) is 34.4. The summed E-state index contributed by atoms with van der Waals surface area (Å²) in [6, 6.07) is 17.4. The quantitative estimate of drug-likeness (QED) is 0.0399. The molecule has 0 spiro atoms. The molecule has 5 N–H and O–H groups in total. The number of azo groups is 1. The number of carbonyl (C=O) groups excluding carboxylic acids is 2. The molecule has 0 aliphatic heterocycles. The first-order valence-corrected chi connectivity index (χ1v) is 16.5. The third kappa shape index (κ3) is 9.28. The number of carbonyl (C=O) groups is 2. The van der Waals surface area contributed by atoms with E-state index in [0.717, 1.165) is 0 Å². The molecule has 0 saturated carbocycles. The molecule has 2 amide bonds. The molecule has 4 aromatic carbocycles. The van der Waals surface area contributed by atoms with E-state index >= 15 is 0 Å². The lowest BCUT2D eigenvalue weighted by Crippen LogP contribution is -2.15. The van der Waals surface area contributed by atoms with Crippen molar-refractivity contribution in [1.29, 1.82) is 0 Å². The second-order valence-electron chi connectivity index (χ2n) is 9.21. The van der Waals surface area contributed by atoms with Crippen LogP contribution in [-0.2, 0) is 38.6 Å². The summed E-state index contributed by atoms with van der Waals surface area (Å²) in [7, 11) is -8.70. The van der Waals surface area contributed by atoms with E-state index < -0.39 is 38.5 Å². The van der Waals surface area contributed by atoms with Crippen LogP contribution in [-0.4, -0.2) is 55.9 Å². The van der Waals surface area contributed by atoms with Gasteiger partial charge in [0.05, 0.1) is 39.9 Å². The van der Waals surface area contributed by atoms with Crippen molar-refractivity contribution in [3.05, 3.63) is 78.4 Å². The van der Waals surface area contributed by atoms with Crippen molar-refractivity contribution in [3.8, 4) is 5.75 Å². The van der Waals surface area contributed by atoms with Gasteiger partial charge in [-0.25, -0.2) is 17.9 Å². The van der Waals surface area contributed by atoms with Gasteiger partial charge in [-0.15, -0.1) is 9.45 Å². The molecule has 16 nitrogen and oxygen atoms in total. The molecule has 0 atom stereocenters. The Balaban J connectivity index is 1.46. The van der Waals surface area contributed by atoms with Gasteiger partial charge in [-0.1, -0.05) is 5.04 Å². The highest BCUT2D eigenvalue weighted by Gasteiger charge is 2.18. The van der Waals surface area contributed by atoms with Crippen molar-refractivity contribution in [2.45, 2.75) is 16.7 Å². The molecule has 242 valence electrons. The first-order chi connectivity index (χ1) is 21.8. The second-order valence-corrected chi connectivity index (χ2v) is 13.2. The summed E-state index contributed by atoms with van der Waals surface area (Å²) in [5.41, 5.74) is 1.28. The number of anilines is 2. The number of hydrogen-bond acceptors (Lipinski definition) is 14. The molecule has 0 aliphatic rings. The minimum Gasteiger partial charge on any atom is -0.505 e. The lowest BCUT2D eigenvalue weighted by molar-refractivity contribution is -0.432. The average molecular weight is 693 g/mol. The largest absolute Gasteiger partial charge is 0.505 e. The Morgan fingerprint density at radius 2 is 1.57 bits per heavy atom. The predicted molar refractivity (Wildman–Crippen MR) is 165 cm³/mol. The molecule has 4 rings (SSSR count). The van der Waals surface area contributed by atoms with Crippen LogP contribution >= 0.6 is 12.0 Å². The van der Waals surface area contributed by atoms with Gasteiger partial charge >= 0.3 is 10.4 Å². The monoisotopic (exact) mass is 692 g/mol. The van der Waals surface area contributed by atoms with Gasteiger partial charge in [-0.2, -0.15) is 13.5 Å². The SMILES string of the molecule is CC(=O)Nc1ccc2c(O)c(N=Nc3ccc(C(=O)Nc4ccc(S(=O)(=O)CCOS(=O)(=O)O)cc4)cc3)c(SOOO)cc2c1. The van der Waals surface area contributed by atoms with Crippen LogP contribution in [0.2, 0.25) is 0 Å². The van der Waals surface area contributed by atoms with Crippen LogP contribution in [0.4, 0.5) is 22.7 Å². The Labute approximate surface area is 266 Å². The van der Waals surface area contributed by atoms with E-state index in [9.17, 15) is 31.5 Å². The van der Waals surface area contributed by atoms with E-state index in [4.69, 9.17) is 9.81 Å². The Kier molecular flexibility index (Phi) is 11.0. The van der Waals surface area contributed by atoms with Gasteiger partial charge < -0.3 is 15.7 Å². The van der Waals surface area contributed by atoms with Gasteiger partial charge in [0.15, 0.2) is 15.6 Å². The van der Waals surface area contributed by atoms with Crippen molar-refractivity contribution in [3.63, 3.8) is 0 Å². The van der Waals surface area contributed by atoms with Gasteiger partial charge in [0, 0.05) is 29.2 Å². The lowest BCUT2D eigenvalue weighted by Gasteiger charge is -2.10. The number of benzene rings is 4. The zero-order chi connectivity index (χ0) is 33.5. The van der Waals surface area contributed by atoms with Crippen LogP contribution in [0.25, 0.3) is 10.8 Å². The summed E-state index contributed by atoms with van der Waals surface area (Å²) < 4.78 is 63.0. The van der Waals surface area contributed by atoms with Crippen LogP contribution in [0.5, 0.6) is 5.75 Å². The molecule has 0 aliphatic carbocycles. The van der Waals surface area contributed by atoms with Crippen LogP contribution in [0.15, 0.2) is 92.8 Å². The fourth-order valence-corrected chi connectivity index (χ4v) is 5.93. The van der Waals surface area contributed by atoms with Crippen LogP contribution in [0, 0.1) is 0 Å². The van der Waals surface area contributed by atoms with Gasteiger partial charge in [0.1, 0.15) is 5.69 Å². The van der Waals surface area contributed by atoms with Crippen molar-refractivity contribution >= 4 is 77.6 Å². The zero-order valence-corrected chi connectivity index (χ0v) is 25.9. The third-order valence-electron chi connectivity index (χ3n) is 5.98. The minimum atomic E-state index is -4.77. The smallest absolute Gasteiger partial charge is 0.397 e. The average Bonchev–Trinajstić information content (AvgIpc) is 2.99. The Morgan fingerprint density at radius 3 is 2.20 bits per heavy atom. The van der Waals surface area contributed by atoms with Crippen LogP contribution in [0.1, 0.15) is 17.3 Å². The van der Waals surface area contributed by atoms with Gasteiger partial charge in [-0.3, -0.25) is 14.1 Å². The van der Waals surface area contributed by atoms with Crippen molar-refractivity contribution < 1.29 is 54.9 Å². The summed E-state index contributed by atoms with van der Waals surface area (Å²) in [6.45, 7) is 0.586. The molecular weight excluding hydrogens is 669 g/mol. The Morgan fingerprint density at radius 1 is 0.891 bits per heavy atom.